The zero-order valence-corrected chi connectivity index (χ0v) is 18.6. The zero-order valence-electron chi connectivity index (χ0n) is 17.0. The number of nitrogens with one attached hydrogen (secondary N) is 1. The average molecular weight is 430 g/mol. The van der Waals surface area contributed by atoms with Crippen LogP contribution in [0.15, 0.2) is 46.7 Å². The van der Waals surface area contributed by atoms with Gasteiger partial charge in [0.25, 0.3) is 5.91 Å². The molecule has 3 aromatic rings. The maximum absolute atomic E-state index is 12.5. The molecular weight excluding hydrogens is 406 g/mol. The summed E-state index contributed by atoms with van der Waals surface area (Å²) in [5.41, 5.74) is 5.78. The monoisotopic (exact) mass is 429 g/mol. The molecule has 0 bridgehead atoms. The van der Waals surface area contributed by atoms with E-state index in [-0.39, 0.29) is 10.8 Å². The molecule has 0 atom stereocenters. The maximum Gasteiger partial charge on any atom is 0.257 e. The number of anilines is 1. The van der Waals surface area contributed by atoms with Crippen LogP contribution in [0.25, 0.3) is 11.3 Å². The summed E-state index contributed by atoms with van der Waals surface area (Å²) < 4.78 is 25.4. The minimum Gasteiger partial charge on any atom is -0.298 e. The molecule has 1 amide bonds. The number of rotatable bonds is 5. The van der Waals surface area contributed by atoms with Crippen molar-refractivity contribution in [2.45, 2.75) is 25.7 Å². The normalized spacial score (nSPS) is 11.7. The Balaban J connectivity index is 1.78. The number of hydrogen-bond donors (Lipinski definition) is 1. The third-order valence-corrected chi connectivity index (χ3v) is 7.32. The van der Waals surface area contributed by atoms with E-state index in [9.17, 15) is 13.2 Å². The Morgan fingerprint density at radius 1 is 1.00 bits per heavy atom. The van der Waals surface area contributed by atoms with Gasteiger partial charge in [-0.2, -0.15) is 0 Å². The van der Waals surface area contributed by atoms with Crippen molar-refractivity contribution in [2.75, 3.05) is 19.4 Å². The van der Waals surface area contributed by atoms with Crippen molar-refractivity contribution >= 4 is 32.4 Å². The first-order valence-corrected chi connectivity index (χ1v) is 11.3. The standard InChI is InChI=1S/C21H23N3O3S2/c1-13-10-15(3)18(11-14(13)2)19-12-28-21(22-19)23-20(25)16-6-8-17(9-7-16)29(26,27)24(4)5/h6-12H,1-5H3,(H,22,23,25). The molecular formula is C21H23N3O3S2. The van der Waals surface area contributed by atoms with E-state index >= 15 is 0 Å². The van der Waals surface area contributed by atoms with Gasteiger partial charge in [0.15, 0.2) is 5.13 Å². The second kappa shape index (κ2) is 8.06. The lowest BCUT2D eigenvalue weighted by molar-refractivity contribution is 0.102. The van der Waals surface area contributed by atoms with Crippen molar-refractivity contribution in [3.8, 4) is 11.3 Å². The van der Waals surface area contributed by atoms with E-state index in [0.717, 1.165) is 21.1 Å². The van der Waals surface area contributed by atoms with Crippen LogP contribution in [-0.2, 0) is 10.0 Å². The number of benzene rings is 2. The Kier molecular flexibility index (Phi) is 5.88. The molecule has 8 heteroatoms. The van der Waals surface area contributed by atoms with E-state index in [1.54, 1.807) is 0 Å². The number of sulfonamides is 1. The van der Waals surface area contributed by atoms with Gasteiger partial charge in [0.05, 0.1) is 10.6 Å². The van der Waals surface area contributed by atoms with Gasteiger partial charge in [-0.05, 0) is 67.8 Å². The molecule has 1 N–H and O–H groups in total. The highest BCUT2D eigenvalue weighted by atomic mass is 32.2. The number of nitrogens with zero attached hydrogens (tertiary/aromatic N) is 2. The highest BCUT2D eigenvalue weighted by Gasteiger charge is 2.18. The fourth-order valence-electron chi connectivity index (χ4n) is 2.85. The molecule has 6 nitrogen and oxygen atoms in total. The van der Waals surface area contributed by atoms with Crippen LogP contribution in [0.1, 0.15) is 27.0 Å². The summed E-state index contributed by atoms with van der Waals surface area (Å²) in [6.07, 6.45) is 0. The van der Waals surface area contributed by atoms with Crippen LogP contribution in [-0.4, -0.2) is 37.7 Å². The highest BCUT2D eigenvalue weighted by Crippen LogP contribution is 2.29. The predicted molar refractivity (Wildman–Crippen MR) is 117 cm³/mol. The third-order valence-electron chi connectivity index (χ3n) is 4.74. The van der Waals surface area contributed by atoms with Gasteiger partial charge in [0.1, 0.15) is 0 Å². The fourth-order valence-corrected chi connectivity index (χ4v) is 4.46. The minimum atomic E-state index is -3.52. The van der Waals surface area contributed by atoms with Crippen LogP contribution < -0.4 is 5.32 Å². The molecule has 0 radical (unpaired) electrons. The Morgan fingerprint density at radius 2 is 1.62 bits per heavy atom. The molecule has 0 saturated carbocycles. The molecule has 2 aromatic carbocycles. The molecule has 0 fully saturated rings. The molecule has 1 aromatic heterocycles. The molecule has 0 saturated heterocycles. The molecule has 0 spiro atoms. The van der Waals surface area contributed by atoms with Crippen molar-refractivity contribution in [3.63, 3.8) is 0 Å². The smallest absolute Gasteiger partial charge is 0.257 e. The first kappa shape index (κ1) is 21.2. The van der Waals surface area contributed by atoms with Gasteiger partial charge in [-0.25, -0.2) is 17.7 Å². The highest BCUT2D eigenvalue weighted by molar-refractivity contribution is 7.89. The lowest BCUT2D eigenvalue weighted by Crippen LogP contribution is -2.22. The maximum atomic E-state index is 12.5. The third kappa shape index (κ3) is 4.39. The van der Waals surface area contributed by atoms with Gasteiger partial charge >= 0.3 is 0 Å². The van der Waals surface area contributed by atoms with Crippen molar-refractivity contribution in [2.24, 2.45) is 0 Å². The summed E-state index contributed by atoms with van der Waals surface area (Å²) in [6.45, 7) is 6.18. The number of hydrogen-bond acceptors (Lipinski definition) is 5. The summed E-state index contributed by atoms with van der Waals surface area (Å²) in [5.74, 6) is -0.337. The molecule has 1 heterocycles. The topological polar surface area (TPSA) is 79.4 Å². The summed E-state index contributed by atoms with van der Waals surface area (Å²) >= 11 is 1.35. The summed E-state index contributed by atoms with van der Waals surface area (Å²) in [5, 5.41) is 5.19. The largest absolute Gasteiger partial charge is 0.298 e. The fraction of sp³-hybridized carbons (Fsp3) is 0.238. The average Bonchev–Trinajstić information content (AvgIpc) is 3.12. The van der Waals surface area contributed by atoms with Crippen LogP contribution in [0.5, 0.6) is 0 Å². The zero-order chi connectivity index (χ0) is 21.3. The van der Waals surface area contributed by atoms with E-state index in [0.29, 0.717) is 10.7 Å². The molecule has 0 aliphatic rings. The number of carbonyl (C=O) groups excluding carboxylic acids is 1. The van der Waals surface area contributed by atoms with Crippen molar-refractivity contribution < 1.29 is 13.2 Å². The van der Waals surface area contributed by atoms with Crippen molar-refractivity contribution in [3.05, 3.63) is 64.0 Å². The second-order valence-corrected chi connectivity index (χ2v) is 10.1. The van der Waals surface area contributed by atoms with Crippen molar-refractivity contribution in [1.82, 2.24) is 9.29 Å². The minimum absolute atomic E-state index is 0.140. The van der Waals surface area contributed by atoms with Crippen LogP contribution in [0.4, 0.5) is 5.13 Å². The quantitative estimate of drug-likeness (QED) is 0.658. The first-order valence-electron chi connectivity index (χ1n) is 8.97. The molecule has 29 heavy (non-hydrogen) atoms. The molecule has 0 aliphatic carbocycles. The second-order valence-electron chi connectivity index (χ2n) is 7.06. The Morgan fingerprint density at radius 3 is 2.24 bits per heavy atom. The lowest BCUT2D eigenvalue weighted by Gasteiger charge is -2.11. The van der Waals surface area contributed by atoms with E-state index in [4.69, 9.17) is 0 Å². The lowest BCUT2D eigenvalue weighted by atomic mass is 9.99. The van der Waals surface area contributed by atoms with Gasteiger partial charge in [0.2, 0.25) is 10.0 Å². The molecule has 0 unspecified atom stereocenters. The molecule has 3 rings (SSSR count). The van der Waals surface area contributed by atoms with Gasteiger partial charge in [-0.3, -0.25) is 10.1 Å². The number of aromatic nitrogens is 1. The Labute approximate surface area is 175 Å². The van der Waals surface area contributed by atoms with Gasteiger partial charge in [-0.15, -0.1) is 11.3 Å². The Bertz CT molecular complexity index is 1160. The van der Waals surface area contributed by atoms with Crippen LogP contribution >= 0.6 is 11.3 Å². The summed E-state index contributed by atoms with van der Waals surface area (Å²) in [4.78, 5) is 17.2. The predicted octanol–water partition coefficient (Wildman–Crippen LogP) is 4.24. The van der Waals surface area contributed by atoms with Crippen LogP contribution in [0.2, 0.25) is 0 Å². The molecule has 0 aliphatic heterocycles. The van der Waals surface area contributed by atoms with E-state index in [2.05, 4.69) is 36.3 Å². The van der Waals surface area contributed by atoms with Gasteiger partial charge in [-0.1, -0.05) is 6.07 Å². The summed E-state index contributed by atoms with van der Waals surface area (Å²) in [7, 11) is -0.594. The number of thiazole rings is 1. The molecule has 152 valence electrons. The number of carbonyl (C=O) groups is 1. The SMILES string of the molecule is Cc1cc(C)c(-c2csc(NC(=O)c3ccc(S(=O)(=O)N(C)C)cc3)n2)cc1C. The van der Waals surface area contributed by atoms with Crippen LogP contribution in [0, 0.1) is 20.8 Å². The number of aryl methyl sites for hydroxylation is 3. The van der Waals surface area contributed by atoms with E-state index in [1.165, 1.54) is 60.8 Å². The van der Waals surface area contributed by atoms with Crippen LogP contribution in [0.3, 0.4) is 0 Å². The summed E-state index contributed by atoms with van der Waals surface area (Å²) in [6, 6.07) is 10.1. The van der Waals surface area contributed by atoms with Gasteiger partial charge in [0, 0.05) is 30.6 Å². The Hall–Kier alpha value is -2.55. The van der Waals surface area contributed by atoms with Gasteiger partial charge < -0.3 is 0 Å². The van der Waals surface area contributed by atoms with E-state index < -0.39 is 10.0 Å². The first-order chi connectivity index (χ1) is 13.6. The number of amides is 1. The van der Waals surface area contributed by atoms with E-state index in [1.807, 2.05) is 12.3 Å². The van der Waals surface area contributed by atoms with Crippen molar-refractivity contribution in [1.29, 1.82) is 0 Å².